The van der Waals surface area contributed by atoms with Crippen LogP contribution < -0.4 is 10.6 Å². The molecule has 1 aromatic carbocycles. The fourth-order valence-corrected chi connectivity index (χ4v) is 2.05. The van der Waals surface area contributed by atoms with E-state index < -0.39 is 17.5 Å². The molecule has 102 valence electrons. The third-order valence-electron chi connectivity index (χ3n) is 3.31. The summed E-state index contributed by atoms with van der Waals surface area (Å²) >= 11 is 5.74. The first-order valence-corrected chi connectivity index (χ1v) is 6.38. The molecule has 1 aliphatic carbocycles. The molecule has 0 bridgehead atoms. The van der Waals surface area contributed by atoms with Crippen LogP contribution in [0.2, 0.25) is 5.02 Å². The van der Waals surface area contributed by atoms with Crippen LogP contribution in [0.25, 0.3) is 0 Å². The second kappa shape index (κ2) is 5.09. The maximum absolute atomic E-state index is 11.8. The Labute approximate surface area is 116 Å². The van der Waals surface area contributed by atoms with Crippen LogP contribution in [0.4, 0.5) is 10.5 Å². The van der Waals surface area contributed by atoms with E-state index in [4.69, 9.17) is 11.6 Å². The molecule has 1 aliphatic rings. The van der Waals surface area contributed by atoms with Gasteiger partial charge in [0.25, 0.3) is 0 Å². The molecule has 1 aromatic rings. The van der Waals surface area contributed by atoms with Gasteiger partial charge in [0.15, 0.2) is 0 Å². The molecule has 0 spiro atoms. The van der Waals surface area contributed by atoms with Crippen LogP contribution in [0.1, 0.15) is 19.8 Å². The van der Waals surface area contributed by atoms with Gasteiger partial charge in [-0.2, -0.15) is 0 Å². The number of carboxylic acid groups (broad SMARTS) is 1. The van der Waals surface area contributed by atoms with Crippen LogP contribution in [-0.4, -0.2) is 22.6 Å². The van der Waals surface area contributed by atoms with E-state index >= 15 is 0 Å². The summed E-state index contributed by atoms with van der Waals surface area (Å²) in [6, 6.07) is 6.07. The summed E-state index contributed by atoms with van der Waals surface area (Å²) in [4.78, 5) is 23.1. The molecule has 3 N–H and O–H groups in total. The molecule has 2 rings (SSSR count). The van der Waals surface area contributed by atoms with Gasteiger partial charge in [-0.25, -0.2) is 9.59 Å². The second-order valence-corrected chi connectivity index (χ2v) is 5.30. The summed E-state index contributed by atoms with van der Waals surface area (Å²) < 4.78 is 0. The topological polar surface area (TPSA) is 78.4 Å². The Morgan fingerprint density at radius 3 is 2.37 bits per heavy atom. The van der Waals surface area contributed by atoms with Crippen molar-refractivity contribution in [1.29, 1.82) is 0 Å². The number of hydrogen-bond acceptors (Lipinski definition) is 2. The molecular weight excluding hydrogens is 268 g/mol. The second-order valence-electron chi connectivity index (χ2n) is 4.87. The highest BCUT2D eigenvalue weighted by atomic mass is 35.5. The Kier molecular flexibility index (Phi) is 3.66. The Morgan fingerprint density at radius 1 is 1.32 bits per heavy atom. The van der Waals surface area contributed by atoms with E-state index in [1.165, 1.54) is 6.92 Å². The van der Waals surface area contributed by atoms with Crippen LogP contribution in [0, 0.1) is 5.92 Å². The number of aliphatic carboxylic acids is 1. The van der Waals surface area contributed by atoms with Gasteiger partial charge in [0, 0.05) is 10.7 Å². The van der Waals surface area contributed by atoms with Gasteiger partial charge in [-0.1, -0.05) is 11.6 Å². The number of halogens is 1. The van der Waals surface area contributed by atoms with E-state index in [2.05, 4.69) is 10.6 Å². The van der Waals surface area contributed by atoms with Crippen molar-refractivity contribution >= 4 is 29.3 Å². The molecule has 19 heavy (non-hydrogen) atoms. The molecule has 0 radical (unpaired) electrons. The molecule has 5 nitrogen and oxygen atoms in total. The number of benzene rings is 1. The number of amides is 2. The Hall–Kier alpha value is -1.75. The van der Waals surface area contributed by atoms with Crippen molar-refractivity contribution in [2.75, 3.05) is 5.32 Å². The first kappa shape index (κ1) is 13.7. The standard InChI is InChI=1S/C13H15ClN2O3/c1-13(11(17)18,8-2-3-8)16-12(19)15-10-6-4-9(14)5-7-10/h4-8H,2-3H2,1H3,(H,17,18)(H2,15,16,19). The lowest BCUT2D eigenvalue weighted by molar-refractivity contribution is -0.144. The largest absolute Gasteiger partial charge is 0.480 e. The van der Waals surface area contributed by atoms with Crippen molar-refractivity contribution in [2.24, 2.45) is 5.92 Å². The summed E-state index contributed by atoms with van der Waals surface area (Å²) in [5, 5.41) is 14.9. The molecule has 0 aromatic heterocycles. The quantitative estimate of drug-likeness (QED) is 0.794. The van der Waals surface area contributed by atoms with E-state index in [9.17, 15) is 14.7 Å². The van der Waals surface area contributed by atoms with E-state index in [-0.39, 0.29) is 5.92 Å². The summed E-state index contributed by atoms with van der Waals surface area (Å²) in [5.41, 5.74) is -0.651. The summed E-state index contributed by atoms with van der Waals surface area (Å²) in [5.74, 6) is -1.01. The number of carbonyl (C=O) groups excluding carboxylic acids is 1. The molecule has 1 atom stereocenters. The SMILES string of the molecule is CC(NC(=O)Nc1ccc(Cl)cc1)(C(=O)O)C1CC1. The van der Waals surface area contributed by atoms with Crippen LogP contribution in [0.15, 0.2) is 24.3 Å². The van der Waals surface area contributed by atoms with Crippen molar-refractivity contribution in [3.63, 3.8) is 0 Å². The van der Waals surface area contributed by atoms with E-state index in [1.54, 1.807) is 24.3 Å². The van der Waals surface area contributed by atoms with Crippen molar-refractivity contribution < 1.29 is 14.7 Å². The van der Waals surface area contributed by atoms with Crippen LogP contribution >= 0.6 is 11.6 Å². The minimum atomic E-state index is -1.21. The Balaban J connectivity index is 2.00. The predicted molar refractivity (Wildman–Crippen MR) is 72.4 cm³/mol. The Bertz CT molecular complexity index is 499. The van der Waals surface area contributed by atoms with Crippen molar-refractivity contribution in [3.8, 4) is 0 Å². The zero-order chi connectivity index (χ0) is 14.0. The Morgan fingerprint density at radius 2 is 1.89 bits per heavy atom. The van der Waals surface area contributed by atoms with Crippen LogP contribution in [0.3, 0.4) is 0 Å². The van der Waals surface area contributed by atoms with Gasteiger partial charge in [-0.3, -0.25) is 0 Å². The summed E-state index contributed by atoms with van der Waals surface area (Å²) in [6.07, 6.45) is 1.65. The monoisotopic (exact) mass is 282 g/mol. The molecule has 1 saturated carbocycles. The van der Waals surface area contributed by atoms with Gasteiger partial charge in [0.1, 0.15) is 5.54 Å². The van der Waals surface area contributed by atoms with Gasteiger partial charge < -0.3 is 15.7 Å². The fourth-order valence-electron chi connectivity index (χ4n) is 1.92. The first-order valence-electron chi connectivity index (χ1n) is 6.00. The molecule has 2 amide bonds. The number of carboxylic acids is 1. The lowest BCUT2D eigenvalue weighted by Crippen LogP contribution is -2.55. The third kappa shape index (κ3) is 3.17. The highest BCUT2D eigenvalue weighted by Gasteiger charge is 2.48. The van der Waals surface area contributed by atoms with Crippen LogP contribution in [0.5, 0.6) is 0 Å². The smallest absolute Gasteiger partial charge is 0.329 e. The molecule has 0 heterocycles. The highest BCUT2D eigenvalue weighted by molar-refractivity contribution is 6.30. The van der Waals surface area contributed by atoms with Crippen molar-refractivity contribution in [2.45, 2.75) is 25.3 Å². The number of carbonyl (C=O) groups is 2. The lowest BCUT2D eigenvalue weighted by Gasteiger charge is -2.26. The number of rotatable bonds is 4. The summed E-state index contributed by atoms with van der Waals surface area (Å²) in [6.45, 7) is 1.54. The fraction of sp³-hybridized carbons (Fsp3) is 0.385. The molecule has 0 aliphatic heterocycles. The maximum atomic E-state index is 11.8. The summed E-state index contributed by atoms with van der Waals surface area (Å²) in [7, 11) is 0. The van der Waals surface area contributed by atoms with E-state index in [0.717, 1.165) is 12.8 Å². The molecule has 6 heteroatoms. The maximum Gasteiger partial charge on any atom is 0.329 e. The zero-order valence-electron chi connectivity index (χ0n) is 10.4. The van der Waals surface area contributed by atoms with E-state index in [0.29, 0.717) is 10.7 Å². The number of nitrogens with one attached hydrogen (secondary N) is 2. The van der Waals surface area contributed by atoms with Gasteiger partial charge in [0.2, 0.25) is 0 Å². The number of urea groups is 1. The lowest BCUT2D eigenvalue weighted by atomic mass is 9.96. The number of hydrogen-bond donors (Lipinski definition) is 3. The molecular formula is C13H15ClN2O3. The highest BCUT2D eigenvalue weighted by Crippen LogP contribution is 2.39. The predicted octanol–water partition coefficient (Wildman–Crippen LogP) is 2.71. The average Bonchev–Trinajstić information content (AvgIpc) is 3.16. The molecule has 1 unspecified atom stereocenters. The van der Waals surface area contributed by atoms with Gasteiger partial charge in [-0.05, 0) is 49.9 Å². The first-order chi connectivity index (χ1) is 8.91. The normalized spacial score (nSPS) is 17.4. The zero-order valence-corrected chi connectivity index (χ0v) is 11.2. The van der Waals surface area contributed by atoms with Crippen molar-refractivity contribution in [1.82, 2.24) is 5.32 Å². The van der Waals surface area contributed by atoms with Crippen LogP contribution in [-0.2, 0) is 4.79 Å². The minimum Gasteiger partial charge on any atom is -0.480 e. The minimum absolute atomic E-state index is 0.000896. The van der Waals surface area contributed by atoms with Crippen molar-refractivity contribution in [3.05, 3.63) is 29.3 Å². The van der Waals surface area contributed by atoms with Gasteiger partial charge >= 0.3 is 12.0 Å². The third-order valence-corrected chi connectivity index (χ3v) is 3.57. The number of anilines is 1. The van der Waals surface area contributed by atoms with E-state index in [1.807, 2.05) is 0 Å². The average molecular weight is 283 g/mol. The molecule has 1 fully saturated rings. The molecule has 0 saturated heterocycles. The van der Waals surface area contributed by atoms with Gasteiger partial charge in [-0.15, -0.1) is 0 Å². The van der Waals surface area contributed by atoms with Gasteiger partial charge in [0.05, 0.1) is 0 Å².